The fourth-order valence-corrected chi connectivity index (χ4v) is 5.89. The number of hydrazine groups is 1. The standard InChI is InChI=1S/C16H26N2OS2/c1-4-14-16(21-10-9-20-14)15(18-17)12-5-7-13(8-6-12)19-11(2)3/h5-8,11,14-16,18H,4,9-10,17H2,1-3H3. The quantitative estimate of drug-likeness (QED) is 0.618. The molecule has 1 aromatic rings. The Labute approximate surface area is 136 Å². The summed E-state index contributed by atoms with van der Waals surface area (Å²) >= 11 is 4.12. The third-order valence-corrected chi connectivity index (χ3v) is 6.96. The summed E-state index contributed by atoms with van der Waals surface area (Å²) in [6, 6.07) is 8.55. The molecule has 0 aromatic heterocycles. The Hall–Kier alpha value is -0.360. The molecular weight excluding hydrogens is 300 g/mol. The maximum Gasteiger partial charge on any atom is 0.119 e. The molecule has 0 radical (unpaired) electrons. The second-order valence-electron chi connectivity index (χ2n) is 5.53. The van der Waals surface area contributed by atoms with E-state index in [0.29, 0.717) is 10.5 Å². The molecule has 2 rings (SSSR count). The first-order chi connectivity index (χ1) is 10.2. The second kappa shape index (κ2) is 8.32. The van der Waals surface area contributed by atoms with Crippen LogP contribution in [0.3, 0.4) is 0 Å². The van der Waals surface area contributed by atoms with Crippen molar-refractivity contribution in [2.24, 2.45) is 5.84 Å². The van der Waals surface area contributed by atoms with Crippen LogP contribution in [-0.2, 0) is 0 Å². The van der Waals surface area contributed by atoms with E-state index in [-0.39, 0.29) is 12.1 Å². The van der Waals surface area contributed by atoms with E-state index >= 15 is 0 Å². The maximum atomic E-state index is 5.87. The highest BCUT2D eigenvalue weighted by Crippen LogP contribution is 2.40. The highest BCUT2D eigenvalue weighted by molar-refractivity contribution is 8.07. The molecule has 1 saturated heterocycles. The van der Waals surface area contributed by atoms with Crippen LogP contribution in [-0.4, -0.2) is 28.1 Å². The minimum absolute atomic E-state index is 0.195. The van der Waals surface area contributed by atoms with E-state index in [1.54, 1.807) is 0 Å². The molecular formula is C16H26N2OS2. The van der Waals surface area contributed by atoms with Crippen LogP contribution in [0.1, 0.15) is 38.8 Å². The summed E-state index contributed by atoms with van der Waals surface area (Å²) in [6.45, 7) is 6.35. The summed E-state index contributed by atoms with van der Waals surface area (Å²) < 4.78 is 5.71. The van der Waals surface area contributed by atoms with E-state index in [4.69, 9.17) is 10.6 Å². The van der Waals surface area contributed by atoms with Gasteiger partial charge in [0.05, 0.1) is 12.1 Å². The molecule has 0 bridgehead atoms. The zero-order valence-corrected chi connectivity index (χ0v) is 14.7. The lowest BCUT2D eigenvalue weighted by Crippen LogP contribution is -2.41. The van der Waals surface area contributed by atoms with Gasteiger partial charge >= 0.3 is 0 Å². The van der Waals surface area contributed by atoms with Crippen molar-refractivity contribution in [2.75, 3.05) is 11.5 Å². The topological polar surface area (TPSA) is 47.3 Å². The number of rotatable bonds is 6. The molecule has 0 saturated carbocycles. The molecule has 1 fully saturated rings. The van der Waals surface area contributed by atoms with Gasteiger partial charge in [-0.15, -0.1) is 0 Å². The predicted octanol–water partition coefficient (Wildman–Crippen LogP) is 3.61. The number of hydrogen-bond donors (Lipinski definition) is 2. The van der Waals surface area contributed by atoms with Gasteiger partial charge in [0.25, 0.3) is 0 Å². The summed E-state index contributed by atoms with van der Waals surface area (Å²) in [4.78, 5) is 0. The van der Waals surface area contributed by atoms with E-state index in [1.807, 2.05) is 37.7 Å². The fourth-order valence-electron chi connectivity index (χ4n) is 2.65. The van der Waals surface area contributed by atoms with Gasteiger partial charge < -0.3 is 4.74 Å². The lowest BCUT2D eigenvalue weighted by molar-refractivity contribution is 0.242. The van der Waals surface area contributed by atoms with Crippen LogP contribution in [0.5, 0.6) is 5.75 Å². The van der Waals surface area contributed by atoms with Crippen LogP contribution in [0, 0.1) is 0 Å². The van der Waals surface area contributed by atoms with Crippen molar-refractivity contribution in [1.82, 2.24) is 5.43 Å². The molecule has 1 heterocycles. The van der Waals surface area contributed by atoms with Gasteiger partial charge in [-0.05, 0) is 38.0 Å². The number of thioether (sulfide) groups is 2. The third kappa shape index (κ3) is 4.55. The molecule has 3 N–H and O–H groups in total. The van der Waals surface area contributed by atoms with Crippen LogP contribution in [0.4, 0.5) is 0 Å². The van der Waals surface area contributed by atoms with Crippen molar-refractivity contribution in [3.05, 3.63) is 29.8 Å². The molecule has 118 valence electrons. The Kier molecular flexibility index (Phi) is 6.74. The number of nitrogens with two attached hydrogens (primary N) is 1. The summed E-state index contributed by atoms with van der Waals surface area (Å²) in [5.41, 5.74) is 4.28. The number of ether oxygens (including phenoxy) is 1. The van der Waals surface area contributed by atoms with Gasteiger partial charge in [-0.2, -0.15) is 23.5 Å². The molecule has 0 spiro atoms. The average Bonchev–Trinajstić information content (AvgIpc) is 2.49. The first-order valence-corrected chi connectivity index (χ1v) is 9.71. The Morgan fingerprint density at radius 2 is 1.90 bits per heavy atom. The van der Waals surface area contributed by atoms with Crippen molar-refractivity contribution >= 4 is 23.5 Å². The third-order valence-electron chi connectivity index (χ3n) is 3.61. The van der Waals surface area contributed by atoms with Gasteiger partial charge in [0.15, 0.2) is 0 Å². The van der Waals surface area contributed by atoms with Crippen LogP contribution in [0.2, 0.25) is 0 Å². The zero-order chi connectivity index (χ0) is 15.2. The molecule has 0 aliphatic carbocycles. The first kappa shape index (κ1) is 17.0. The zero-order valence-electron chi connectivity index (χ0n) is 13.0. The summed E-state index contributed by atoms with van der Waals surface area (Å²) in [6.07, 6.45) is 1.39. The van der Waals surface area contributed by atoms with Crippen molar-refractivity contribution in [3.8, 4) is 5.75 Å². The molecule has 1 aliphatic rings. The van der Waals surface area contributed by atoms with Crippen molar-refractivity contribution in [2.45, 2.75) is 49.8 Å². The maximum absolute atomic E-state index is 5.87. The summed E-state index contributed by atoms with van der Waals surface area (Å²) in [5, 5.41) is 1.19. The van der Waals surface area contributed by atoms with Crippen molar-refractivity contribution < 1.29 is 4.74 Å². The van der Waals surface area contributed by atoms with Gasteiger partial charge in [0, 0.05) is 22.0 Å². The first-order valence-electron chi connectivity index (χ1n) is 7.61. The Morgan fingerprint density at radius 1 is 1.24 bits per heavy atom. The molecule has 3 unspecified atom stereocenters. The van der Waals surface area contributed by atoms with Crippen LogP contribution in [0.25, 0.3) is 0 Å². The largest absolute Gasteiger partial charge is 0.491 e. The van der Waals surface area contributed by atoms with Crippen molar-refractivity contribution in [3.63, 3.8) is 0 Å². The predicted molar refractivity (Wildman–Crippen MR) is 95.1 cm³/mol. The normalized spacial score (nSPS) is 24.0. The van der Waals surface area contributed by atoms with Crippen LogP contribution >= 0.6 is 23.5 Å². The molecule has 0 amide bonds. The van der Waals surface area contributed by atoms with Gasteiger partial charge in [-0.1, -0.05) is 19.1 Å². The Morgan fingerprint density at radius 3 is 2.48 bits per heavy atom. The molecule has 21 heavy (non-hydrogen) atoms. The SMILES string of the molecule is CCC1SCCSC1C(NN)c1ccc(OC(C)C)cc1. The van der Waals surface area contributed by atoms with Gasteiger partial charge in [-0.3, -0.25) is 11.3 Å². The van der Waals surface area contributed by atoms with E-state index in [0.717, 1.165) is 5.75 Å². The van der Waals surface area contributed by atoms with E-state index < -0.39 is 0 Å². The Balaban J connectivity index is 2.12. The fraction of sp³-hybridized carbons (Fsp3) is 0.625. The van der Waals surface area contributed by atoms with E-state index in [9.17, 15) is 0 Å². The van der Waals surface area contributed by atoms with Crippen molar-refractivity contribution in [1.29, 1.82) is 0 Å². The Bertz CT molecular complexity index is 425. The monoisotopic (exact) mass is 326 g/mol. The number of benzene rings is 1. The van der Waals surface area contributed by atoms with Crippen LogP contribution < -0.4 is 16.0 Å². The number of nitrogens with one attached hydrogen (secondary N) is 1. The molecule has 1 aromatic carbocycles. The molecule has 3 nitrogen and oxygen atoms in total. The highest BCUT2D eigenvalue weighted by atomic mass is 32.2. The lowest BCUT2D eigenvalue weighted by atomic mass is 10.0. The minimum Gasteiger partial charge on any atom is -0.491 e. The number of hydrogen-bond acceptors (Lipinski definition) is 5. The average molecular weight is 327 g/mol. The smallest absolute Gasteiger partial charge is 0.119 e. The van der Waals surface area contributed by atoms with E-state index in [2.05, 4.69) is 36.2 Å². The molecule has 1 aliphatic heterocycles. The van der Waals surface area contributed by atoms with Gasteiger partial charge in [0.1, 0.15) is 5.75 Å². The molecule has 5 heteroatoms. The van der Waals surface area contributed by atoms with Gasteiger partial charge in [0.2, 0.25) is 0 Å². The van der Waals surface area contributed by atoms with Gasteiger partial charge in [-0.25, -0.2) is 0 Å². The highest BCUT2D eigenvalue weighted by Gasteiger charge is 2.32. The summed E-state index contributed by atoms with van der Waals surface area (Å²) in [7, 11) is 0. The lowest BCUT2D eigenvalue weighted by Gasteiger charge is -2.35. The minimum atomic E-state index is 0.195. The van der Waals surface area contributed by atoms with E-state index in [1.165, 1.54) is 23.5 Å². The molecule has 3 atom stereocenters. The summed E-state index contributed by atoms with van der Waals surface area (Å²) in [5.74, 6) is 9.24. The second-order valence-corrected chi connectivity index (χ2v) is 8.17. The van der Waals surface area contributed by atoms with Crippen LogP contribution in [0.15, 0.2) is 24.3 Å².